The molecule has 25 nitrogen and oxygen atoms in total. The van der Waals surface area contributed by atoms with Crippen molar-refractivity contribution in [3.05, 3.63) is 35.5 Å². The summed E-state index contributed by atoms with van der Waals surface area (Å²) in [6.45, 7) is 15.5. The molecular weight excluding hydrogens is 1090 g/mol. The molecule has 5 saturated heterocycles. The third-order valence-electron chi connectivity index (χ3n) is 19.8. The smallest absolute Gasteiger partial charge is 0.397 e. The molecular formula is C55H84O25S. The molecule has 0 bridgehead atoms. The second-order valence-corrected chi connectivity index (χ2v) is 26.3. The van der Waals surface area contributed by atoms with Gasteiger partial charge in [-0.05, 0) is 95.0 Å². The number of allylic oxidation sites excluding steroid dienone is 5. The minimum absolute atomic E-state index is 0.0241. The van der Waals surface area contributed by atoms with Gasteiger partial charge in [0.05, 0.1) is 43.4 Å². The van der Waals surface area contributed by atoms with E-state index in [1.807, 2.05) is 39.0 Å². The number of rotatable bonds is 15. The Morgan fingerprint density at radius 3 is 2.07 bits per heavy atom. The number of aliphatic hydroxyl groups excluding tert-OH is 8. The summed E-state index contributed by atoms with van der Waals surface area (Å²) < 4.78 is 104. The maximum absolute atomic E-state index is 14.6. The van der Waals surface area contributed by atoms with E-state index < -0.39 is 187 Å². The van der Waals surface area contributed by atoms with Gasteiger partial charge in [0.15, 0.2) is 25.2 Å². The third-order valence-corrected chi connectivity index (χ3v) is 20.3. The topological polar surface area (TPSA) is 361 Å². The number of carbonyl (C=O) groups is 2. The third kappa shape index (κ3) is 11.1. The van der Waals surface area contributed by atoms with Crippen molar-refractivity contribution in [2.24, 2.45) is 39.4 Å². The Bertz CT molecular complexity index is 2510. The van der Waals surface area contributed by atoms with Crippen LogP contribution < -0.4 is 0 Å². The van der Waals surface area contributed by atoms with Gasteiger partial charge in [0.2, 0.25) is 0 Å². The number of hydrogen-bond donors (Lipinski definition) is 9. The summed E-state index contributed by atoms with van der Waals surface area (Å²) in [5, 5.41) is 88.4. The zero-order chi connectivity index (χ0) is 59.3. The lowest BCUT2D eigenvalue weighted by Crippen LogP contribution is -2.65. The lowest BCUT2D eigenvalue weighted by Gasteiger charge is -2.63. The van der Waals surface area contributed by atoms with Crippen molar-refractivity contribution in [1.29, 1.82) is 0 Å². The van der Waals surface area contributed by atoms with E-state index in [9.17, 15) is 63.4 Å². The molecule has 27 atom stereocenters. The van der Waals surface area contributed by atoms with Crippen LogP contribution in [0.3, 0.4) is 0 Å². The van der Waals surface area contributed by atoms with Crippen molar-refractivity contribution < 1.29 is 120 Å². The van der Waals surface area contributed by atoms with Gasteiger partial charge in [-0.3, -0.25) is 14.1 Å². The number of cyclic esters (lactones) is 1. The molecule has 26 heteroatoms. The van der Waals surface area contributed by atoms with Gasteiger partial charge in [-0.2, -0.15) is 8.42 Å². The number of ether oxygens (including phenoxy) is 11. The molecule has 8 fully saturated rings. The highest BCUT2D eigenvalue weighted by molar-refractivity contribution is 7.80. The summed E-state index contributed by atoms with van der Waals surface area (Å²) in [6, 6.07) is 0. The highest BCUT2D eigenvalue weighted by Gasteiger charge is 2.79. The molecule has 81 heavy (non-hydrogen) atoms. The maximum atomic E-state index is 14.6. The molecule has 0 aromatic heterocycles. The summed E-state index contributed by atoms with van der Waals surface area (Å²) in [7, 11) is -3.95. The van der Waals surface area contributed by atoms with Crippen molar-refractivity contribution in [2.45, 2.75) is 229 Å². The van der Waals surface area contributed by atoms with E-state index in [0.29, 0.717) is 38.5 Å². The van der Waals surface area contributed by atoms with E-state index >= 15 is 0 Å². The van der Waals surface area contributed by atoms with Crippen molar-refractivity contribution in [3.8, 4) is 0 Å². The first kappa shape index (κ1) is 62.9. The Morgan fingerprint density at radius 1 is 0.765 bits per heavy atom. The van der Waals surface area contributed by atoms with Crippen molar-refractivity contribution >= 4 is 22.3 Å². The van der Waals surface area contributed by atoms with E-state index in [-0.39, 0.29) is 23.2 Å². The van der Waals surface area contributed by atoms with Crippen LogP contribution >= 0.6 is 0 Å². The molecule has 9 rings (SSSR count). The molecule has 460 valence electrons. The second kappa shape index (κ2) is 23.2. The number of carbonyl (C=O) groups excluding carboxylic acids is 2. The molecule has 1 spiro atoms. The molecule has 0 aromatic rings. The van der Waals surface area contributed by atoms with E-state index in [4.69, 9.17) is 56.3 Å². The molecule has 9 aliphatic rings. The Hall–Kier alpha value is -2.65. The monoisotopic (exact) mass is 1180 g/mol. The number of aliphatic hydroxyl groups is 8. The Labute approximate surface area is 471 Å². The first-order valence-electron chi connectivity index (χ1n) is 28.0. The van der Waals surface area contributed by atoms with E-state index in [1.54, 1.807) is 0 Å². The minimum Gasteiger partial charge on any atom is -0.462 e. The van der Waals surface area contributed by atoms with Crippen molar-refractivity contribution in [3.63, 3.8) is 0 Å². The van der Waals surface area contributed by atoms with E-state index in [2.05, 4.69) is 33.8 Å². The predicted molar refractivity (Wildman–Crippen MR) is 276 cm³/mol. The predicted octanol–water partition coefficient (Wildman–Crippen LogP) is 0.396. The number of esters is 2. The molecule has 0 aromatic carbocycles. The largest absolute Gasteiger partial charge is 0.462 e. The number of hydrogen-bond acceptors (Lipinski definition) is 24. The summed E-state index contributed by atoms with van der Waals surface area (Å²) in [4.78, 5) is 27.4. The fourth-order valence-corrected chi connectivity index (χ4v) is 16.4. The molecule has 3 saturated carbocycles. The Morgan fingerprint density at radius 2 is 1.42 bits per heavy atom. The Balaban J connectivity index is 0.912. The van der Waals surface area contributed by atoms with Crippen LogP contribution in [0.1, 0.15) is 101 Å². The quantitative estimate of drug-likeness (QED) is 0.0464. The normalized spacial score (nSPS) is 49.6. The van der Waals surface area contributed by atoms with Crippen LogP contribution in [0.5, 0.6) is 0 Å². The van der Waals surface area contributed by atoms with Gasteiger partial charge < -0.3 is 93.0 Å². The van der Waals surface area contributed by atoms with Gasteiger partial charge in [0.1, 0.15) is 91.1 Å². The first-order valence-corrected chi connectivity index (χ1v) is 29.4. The average molecular weight is 1180 g/mol. The zero-order valence-electron chi connectivity index (χ0n) is 47.4. The lowest BCUT2D eigenvalue weighted by molar-refractivity contribution is -0.382. The lowest BCUT2D eigenvalue weighted by atomic mass is 9.41. The van der Waals surface area contributed by atoms with Crippen LogP contribution in [0.2, 0.25) is 0 Å². The molecule has 0 radical (unpaired) electrons. The Kier molecular flexibility index (Phi) is 18.0. The molecule has 5 aliphatic heterocycles. The van der Waals surface area contributed by atoms with Crippen LogP contribution in [0.25, 0.3) is 0 Å². The van der Waals surface area contributed by atoms with Crippen LogP contribution in [0, 0.1) is 39.4 Å². The van der Waals surface area contributed by atoms with Gasteiger partial charge in [0.25, 0.3) is 0 Å². The van der Waals surface area contributed by atoms with Crippen molar-refractivity contribution in [1.82, 2.24) is 0 Å². The van der Waals surface area contributed by atoms with Crippen LogP contribution in [0.15, 0.2) is 35.5 Å². The molecule has 9 N–H and O–H groups in total. The minimum atomic E-state index is -5.16. The summed E-state index contributed by atoms with van der Waals surface area (Å²) in [5.74, 6) is -1.15. The van der Waals surface area contributed by atoms with Crippen molar-refractivity contribution in [2.75, 3.05) is 26.9 Å². The molecule has 4 aliphatic carbocycles. The van der Waals surface area contributed by atoms with Gasteiger partial charge in [-0.1, -0.05) is 57.1 Å². The highest BCUT2D eigenvalue weighted by Crippen LogP contribution is 2.76. The average Bonchev–Trinajstić information content (AvgIpc) is 1.80. The standard InChI is InChI=1S/C55H84O25S/c1-24(2)12-11-17-54(9)45-30(73-26(4)57)20-53(8)28-13-14-33-51(5,6)34(16-18-52(33,7)27(28)15-19-55(45,53)50(65)79-54)75-49-44(36(60)32(23-71-49)80-81(66,67)68)78-47-38(62)37(61)41(25(3)72-47)76-46-39(63)42(29(58)22-70-46)77-48-40(64)43(69-10)35(59)31(21-56)74-48/h11-13,17,25,27,29-49,56,58-64H,14-16,18-23H2,1-10H3,(H,66,67,68)/b17-11+/t25?,27?,29-,30?,31?,32-,33?,34?,35-,36?,37?,38?,39?,40?,41-,42?,43?,44?,45?,46+,47+,48+,49+,52-,53?,54?,55-/m1/s1. The summed E-state index contributed by atoms with van der Waals surface area (Å²) in [5.41, 5.74) is -1.42. The fraction of sp³-hybridized carbons (Fsp3) is 0.855. The van der Waals surface area contributed by atoms with Crippen LogP contribution in [0.4, 0.5) is 0 Å². The molecule has 5 heterocycles. The molecule has 17 unspecified atom stereocenters. The van der Waals surface area contributed by atoms with Gasteiger partial charge in [-0.15, -0.1) is 0 Å². The second-order valence-electron chi connectivity index (χ2n) is 25.3. The fourth-order valence-electron chi connectivity index (χ4n) is 15.9. The number of methoxy groups -OCH3 is 1. The zero-order valence-corrected chi connectivity index (χ0v) is 48.2. The number of fused-ring (bicyclic) bond motifs is 4. The summed E-state index contributed by atoms with van der Waals surface area (Å²) >= 11 is 0. The first-order chi connectivity index (χ1) is 37.9. The molecule has 0 amide bonds. The van der Waals surface area contributed by atoms with E-state index in [0.717, 1.165) is 11.1 Å². The summed E-state index contributed by atoms with van der Waals surface area (Å²) in [6.07, 6.45) is -18.9. The SMILES string of the molecule is COC1C(O)[C@H](OC2C(O)[C@H](O[C@@H]3C(C)O[C@@H](OC4C(O)[C@H](OS(=O)(=O)O)CO[C@H]4OC4CC[C@]5(C)C6CC[C@]78C(=O)OC(C)(/C=C/C=C(C)C)C7C(OC(C)=O)CC8(C)C6=CCC5C4(C)C)C(O)C3O)OC[C@H]2O)OC(CO)[C@H]1O. The van der Waals surface area contributed by atoms with Gasteiger partial charge in [-0.25, -0.2) is 4.18 Å². The van der Waals surface area contributed by atoms with Gasteiger partial charge in [0, 0.05) is 19.4 Å². The van der Waals surface area contributed by atoms with Crippen LogP contribution in [-0.4, -0.2) is 221 Å². The van der Waals surface area contributed by atoms with Crippen LogP contribution in [-0.2, 0) is 76.3 Å². The van der Waals surface area contributed by atoms with Gasteiger partial charge >= 0.3 is 22.3 Å². The van der Waals surface area contributed by atoms with E-state index in [1.165, 1.54) is 21.0 Å². The highest BCUT2D eigenvalue weighted by atomic mass is 32.3. The maximum Gasteiger partial charge on any atom is 0.397 e.